The van der Waals surface area contributed by atoms with Crippen LogP contribution in [-0.2, 0) is 9.59 Å². The van der Waals surface area contributed by atoms with Gasteiger partial charge in [-0.2, -0.15) is 0 Å². The summed E-state index contributed by atoms with van der Waals surface area (Å²) >= 11 is 0. The lowest BCUT2D eigenvalue weighted by Crippen LogP contribution is -2.50. The normalized spacial score (nSPS) is 37.7. The predicted molar refractivity (Wildman–Crippen MR) is 91.9 cm³/mol. The summed E-state index contributed by atoms with van der Waals surface area (Å²) in [5, 5.41) is 9.14. The molecule has 2 aliphatic carbocycles. The quantitative estimate of drug-likeness (QED) is 0.597. The van der Waals surface area contributed by atoms with Crippen molar-refractivity contribution in [3.8, 4) is 0 Å². The monoisotopic (exact) mass is 318 g/mol. The van der Waals surface area contributed by atoms with Crippen LogP contribution in [0.3, 0.4) is 0 Å². The summed E-state index contributed by atoms with van der Waals surface area (Å²) in [6.07, 6.45) is 12.2. The van der Waals surface area contributed by atoms with E-state index in [-0.39, 0.29) is 23.4 Å². The molecule has 4 atom stereocenters. The van der Waals surface area contributed by atoms with Gasteiger partial charge in [-0.05, 0) is 61.3 Å². The zero-order valence-corrected chi connectivity index (χ0v) is 14.7. The van der Waals surface area contributed by atoms with Gasteiger partial charge >= 0.3 is 0 Å². The highest BCUT2D eigenvalue weighted by Gasteiger charge is 2.53. The van der Waals surface area contributed by atoms with E-state index < -0.39 is 0 Å². The summed E-state index contributed by atoms with van der Waals surface area (Å²) in [6.45, 7) is 6.63. The summed E-state index contributed by atoms with van der Waals surface area (Å²) in [5.74, 6) is 0.179. The number of hydrogen-bond donors (Lipinski definition) is 1. The Kier molecular flexibility index (Phi) is 5.61. The molecule has 1 N–H and O–H groups in total. The maximum atomic E-state index is 11.7. The largest absolute Gasteiger partial charge is 0.392 e. The van der Waals surface area contributed by atoms with Gasteiger partial charge in [-0.1, -0.05) is 38.0 Å². The van der Waals surface area contributed by atoms with E-state index in [0.29, 0.717) is 11.5 Å². The van der Waals surface area contributed by atoms with Crippen molar-refractivity contribution >= 4 is 12.6 Å². The maximum absolute atomic E-state index is 11.7. The molecule has 23 heavy (non-hydrogen) atoms. The van der Waals surface area contributed by atoms with Crippen molar-refractivity contribution in [1.29, 1.82) is 0 Å². The van der Waals surface area contributed by atoms with Crippen LogP contribution in [0.15, 0.2) is 23.3 Å². The predicted octanol–water partition coefficient (Wildman–Crippen LogP) is 3.86. The summed E-state index contributed by atoms with van der Waals surface area (Å²) in [6, 6.07) is 0. The zero-order valence-electron chi connectivity index (χ0n) is 14.7. The summed E-state index contributed by atoms with van der Waals surface area (Å²) < 4.78 is 0. The average Bonchev–Trinajstić information content (AvgIpc) is 2.53. The van der Waals surface area contributed by atoms with E-state index in [2.05, 4.69) is 19.9 Å². The Bertz CT molecular complexity index is 519. The van der Waals surface area contributed by atoms with Gasteiger partial charge in [0.05, 0.1) is 6.61 Å². The third kappa shape index (κ3) is 3.35. The average molecular weight is 318 g/mol. The number of fused-ring (bicyclic) bond motifs is 1. The molecule has 1 saturated carbocycles. The smallest absolute Gasteiger partial charge is 0.146 e. The Hall–Kier alpha value is -1.22. The fourth-order valence-electron chi connectivity index (χ4n) is 5.07. The third-order valence-corrected chi connectivity index (χ3v) is 6.49. The van der Waals surface area contributed by atoms with Crippen LogP contribution in [0.1, 0.15) is 59.3 Å². The highest BCUT2D eigenvalue weighted by Crippen LogP contribution is 2.60. The van der Waals surface area contributed by atoms with Gasteiger partial charge in [0.1, 0.15) is 12.6 Å². The molecule has 2 rings (SSSR count). The maximum Gasteiger partial charge on any atom is 0.146 e. The topological polar surface area (TPSA) is 54.4 Å². The lowest BCUT2D eigenvalue weighted by Gasteiger charge is -2.56. The van der Waals surface area contributed by atoms with E-state index in [9.17, 15) is 9.59 Å². The number of hydrogen-bond acceptors (Lipinski definition) is 3. The molecule has 2 aliphatic rings. The minimum Gasteiger partial charge on any atom is -0.392 e. The van der Waals surface area contributed by atoms with Crippen LogP contribution in [0.25, 0.3) is 0 Å². The second-order valence-electron chi connectivity index (χ2n) is 7.98. The van der Waals surface area contributed by atoms with Gasteiger partial charge in [-0.3, -0.25) is 4.79 Å². The minimum atomic E-state index is -0.256. The highest BCUT2D eigenvalue weighted by molar-refractivity contribution is 5.82. The lowest BCUT2D eigenvalue weighted by atomic mass is 9.47. The highest BCUT2D eigenvalue weighted by atomic mass is 16.3. The Morgan fingerprint density at radius 2 is 2.09 bits per heavy atom. The van der Waals surface area contributed by atoms with E-state index in [1.54, 1.807) is 0 Å². The number of carbonyl (C=O) groups excluding carboxylic acids is 2. The summed E-state index contributed by atoms with van der Waals surface area (Å²) in [5.41, 5.74) is 1.78. The molecule has 0 unspecified atom stereocenters. The van der Waals surface area contributed by atoms with Gasteiger partial charge in [-0.15, -0.1) is 0 Å². The molecular weight excluding hydrogens is 288 g/mol. The van der Waals surface area contributed by atoms with Crippen molar-refractivity contribution < 1.29 is 14.7 Å². The van der Waals surface area contributed by atoms with Crippen molar-refractivity contribution in [2.45, 2.75) is 59.3 Å². The van der Waals surface area contributed by atoms with Crippen LogP contribution < -0.4 is 0 Å². The second kappa shape index (κ2) is 7.12. The molecule has 0 amide bonds. The molecule has 0 aromatic heterocycles. The standard InChI is InChI=1S/C20H30O3/c1-15(12-21)6-4-9-19(2)10-5-11-20(3)17(14-23)16(13-22)7-8-18(19)20/h6-7,13-14,17-18,21H,4-5,8-12H2,1-3H3/b15-6+/t17-,18-,19-,20-/m1/s1. The molecule has 3 heteroatoms. The number of aliphatic hydroxyl groups is 1. The Morgan fingerprint density at radius 1 is 1.35 bits per heavy atom. The number of aldehydes is 2. The molecule has 3 nitrogen and oxygen atoms in total. The van der Waals surface area contributed by atoms with Gasteiger partial charge in [-0.25, -0.2) is 0 Å². The second-order valence-corrected chi connectivity index (χ2v) is 7.98. The zero-order chi connectivity index (χ0) is 17.1. The number of aliphatic hydroxyl groups excluding tert-OH is 1. The molecule has 0 aromatic rings. The summed E-state index contributed by atoms with van der Waals surface area (Å²) in [4.78, 5) is 23.0. The van der Waals surface area contributed by atoms with Crippen LogP contribution in [0, 0.1) is 22.7 Å². The van der Waals surface area contributed by atoms with Crippen molar-refractivity contribution in [3.05, 3.63) is 23.3 Å². The van der Waals surface area contributed by atoms with E-state index in [1.807, 2.05) is 13.0 Å². The van der Waals surface area contributed by atoms with Crippen LogP contribution >= 0.6 is 0 Å². The van der Waals surface area contributed by atoms with Gasteiger partial charge in [0.15, 0.2) is 0 Å². The Labute approximate surface area is 139 Å². The first kappa shape index (κ1) is 18.1. The van der Waals surface area contributed by atoms with Crippen LogP contribution in [0.5, 0.6) is 0 Å². The molecular formula is C20H30O3. The molecule has 128 valence electrons. The molecule has 0 radical (unpaired) electrons. The van der Waals surface area contributed by atoms with Crippen molar-refractivity contribution in [2.75, 3.05) is 6.61 Å². The van der Waals surface area contributed by atoms with Gasteiger partial charge in [0.25, 0.3) is 0 Å². The van der Waals surface area contributed by atoms with E-state index in [0.717, 1.165) is 50.2 Å². The van der Waals surface area contributed by atoms with Crippen molar-refractivity contribution in [3.63, 3.8) is 0 Å². The first-order chi connectivity index (χ1) is 10.9. The minimum absolute atomic E-state index is 0.102. The Morgan fingerprint density at radius 3 is 2.70 bits per heavy atom. The summed E-state index contributed by atoms with van der Waals surface area (Å²) in [7, 11) is 0. The molecule has 0 heterocycles. The number of allylic oxidation sites excluding steroid dienone is 3. The first-order valence-electron chi connectivity index (χ1n) is 8.78. The van der Waals surface area contributed by atoms with Gasteiger partial charge < -0.3 is 9.90 Å². The van der Waals surface area contributed by atoms with E-state index in [4.69, 9.17) is 5.11 Å². The van der Waals surface area contributed by atoms with Crippen LogP contribution in [0.4, 0.5) is 0 Å². The van der Waals surface area contributed by atoms with Crippen LogP contribution in [-0.4, -0.2) is 24.3 Å². The van der Waals surface area contributed by atoms with Crippen LogP contribution in [0.2, 0.25) is 0 Å². The molecule has 0 bridgehead atoms. The fraction of sp³-hybridized carbons (Fsp3) is 0.700. The van der Waals surface area contributed by atoms with Gasteiger partial charge in [0, 0.05) is 5.92 Å². The van der Waals surface area contributed by atoms with Crippen molar-refractivity contribution in [1.82, 2.24) is 0 Å². The van der Waals surface area contributed by atoms with Crippen molar-refractivity contribution in [2.24, 2.45) is 22.7 Å². The van der Waals surface area contributed by atoms with E-state index >= 15 is 0 Å². The number of carbonyl (C=O) groups is 2. The Balaban J connectivity index is 2.25. The molecule has 0 aromatic carbocycles. The fourth-order valence-corrected chi connectivity index (χ4v) is 5.07. The SMILES string of the molecule is C/C(=C\CC[C@]1(C)CCC[C@]2(C)[C@H](C=O)C(C=O)=CC[C@H]12)CO. The van der Waals surface area contributed by atoms with Gasteiger partial charge in [0.2, 0.25) is 0 Å². The van der Waals surface area contributed by atoms with E-state index in [1.165, 1.54) is 6.42 Å². The molecule has 0 saturated heterocycles. The molecule has 0 spiro atoms. The first-order valence-corrected chi connectivity index (χ1v) is 8.78. The third-order valence-electron chi connectivity index (χ3n) is 6.49. The molecule has 1 fully saturated rings. The molecule has 0 aliphatic heterocycles. The lowest BCUT2D eigenvalue weighted by molar-refractivity contribution is -0.123. The number of rotatable bonds is 6.